The first-order valence-electron chi connectivity index (χ1n) is 7.34. The van der Waals surface area contributed by atoms with Crippen molar-refractivity contribution in [1.82, 2.24) is 0 Å². The van der Waals surface area contributed by atoms with Crippen LogP contribution in [0.25, 0.3) is 0 Å². The maximum atomic E-state index is 12.3. The molecule has 0 spiro atoms. The maximum absolute atomic E-state index is 12.3. The van der Waals surface area contributed by atoms with Crippen LogP contribution in [-0.4, -0.2) is 33.0 Å². The van der Waals surface area contributed by atoms with E-state index in [-0.39, 0.29) is 6.54 Å². The summed E-state index contributed by atoms with van der Waals surface area (Å²) < 4.78 is 15.9. The van der Waals surface area contributed by atoms with E-state index in [0.717, 1.165) is 5.56 Å². The summed E-state index contributed by atoms with van der Waals surface area (Å²) >= 11 is 0. The fourth-order valence-corrected chi connectivity index (χ4v) is 2.81. The van der Waals surface area contributed by atoms with E-state index in [9.17, 15) is 9.59 Å². The predicted molar refractivity (Wildman–Crippen MR) is 88.1 cm³/mol. The van der Waals surface area contributed by atoms with Gasteiger partial charge in [0.25, 0.3) is 11.7 Å². The van der Waals surface area contributed by atoms with Crippen LogP contribution in [0.1, 0.15) is 15.9 Å². The van der Waals surface area contributed by atoms with E-state index in [1.165, 1.54) is 26.2 Å². The minimum Gasteiger partial charge on any atom is -0.493 e. The summed E-state index contributed by atoms with van der Waals surface area (Å²) in [6.45, 7) is 0.234. The van der Waals surface area contributed by atoms with E-state index in [0.29, 0.717) is 28.5 Å². The Morgan fingerprint density at radius 3 is 2.12 bits per heavy atom. The van der Waals surface area contributed by atoms with Crippen LogP contribution in [-0.2, 0) is 11.3 Å². The number of carbonyl (C=O) groups excluding carboxylic acids is 2. The van der Waals surface area contributed by atoms with Crippen LogP contribution >= 0.6 is 0 Å². The van der Waals surface area contributed by atoms with Crippen molar-refractivity contribution in [3.63, 3.8) is 0 Å². The number of hydrogen-bond acceptors (Lipinski definition) is 5. The molecule has 0 fully saturated rings. The quantitative estimate of drug-likeness (QED) is 0.789. The zero-order chi connectivity index (χ0) is 17.3. The lowest BCUT2D eigenvalue weighted by molar-refractivity contribution is -0.114. The zero-order valence-corrected chi connectivity index (χ0v) is 13.7. The molecule has 6 nitrogen and oxygen atoms in total. The van der Waals surface area contributed by atoms with Gasteiger partial charge in [-0.15, -0.1) is 0 Å². The predicted octanol–water partition coefficient (Wildman–Crippen LogP) is 2.44. The van der Waals surface area contributed by atoms with Crippen LogP contribution in [0.4, 0.5) is 5.69 Å². The van der Waals surface area contributed by atoms with Crippen molar-refractivity contribution >= 4 is 17.4 Å². The molecule has 0 radical (unpaired) electrons. The van der Waals surface area contributed by atoms with Crippen molar-refractivity contribution in [2.24, 2.45) is 0 Å². The van der Waals surface area contributed by atoms with Gasteiger partial charge in [-0.3, -0.25) is 9.59 Å². The smallest absolute Gasteiger partial charge is 0.299 e. The van der Waals surface area contributed by atoms with Gasteiger partial charge in [0, 0.05) is 0 Å². The number of rotatable bonds is 5. The molecule has 124 valence electrons. The van der Waals surface area contributed by atoms with Crippen LogP contribution in [0.2, 0.25) is 0 Å². The van der Waals surface area contributed by atoms with Crippen LogP contribution in [0.5, 0.6) is 17.2 Å². The van der Waals surface area contributed by atoms with Gasteiger partial charge in [-0.1, -0.05) is 12.1 Å². The zero-order valence-electron chi connectivity index (χ0n) is 13.7. The summed E-state index contributed by atoms with van der Waals surface area (Å²) in [5, 5.41) is 0. The van der Waals surface area contributed by atoms with Gasteiger partial charge < -0.3 is 19.1 Å². The molecule has 0 aliphatic carbocycles. The topological polar surface area (TPSA) is 65.1 Å². The molecule has 0 atom stereocenters. The third-order valence-electron chi connectivity index (χ3n) is 3.94. The number of ether oxygens (including phenoxy) is 3. The van der Waals surface area contributed by atoms with Gasteiger partial charge in [0.15, 0.2) is 11.5 Å². The van der Waals surface area contributed by atoms with Gasteiger partial charge >= 0.3 is 0 Å². The van der Waals surface area contributed by atoms with Crippen molar-refractivity contribution in [2.45, 2.75) is 6.54 Å². The minimum atomic E-state index is -0.537. The number of nitrogens with zero attached hydrogens (tertiary/aromatic N) is 1. The van der Waals surface area contributed by atoms with Gasteiger partial charge in [0.1, 0.15) is 0 Å². The number of fused-ring (bicyclic) bond motifs is 1. The minimum absolute atomic E-state index is 0.234. The van der Waals surface area contributed by atoms with E-state index in [1.54, 1.807) is 36.4 Å². The molecule has 1 amide bonds. The van der Waals surface area contributed by atoms with Crippen LogP contribution in [0.15, 0.2) is 36.4 Å². The normalized spacial score (nSPS) is 13.0. The number of methoxy groups -OCH3 is 3. The molecule has 24 heavy (non-hydrogen) atoms. The van der Waals surface area contributed by atoms with E-state index in [4.69, 9.17) is 14.2 Å². The molecule has 0 saturated heterocycles. The molecule has 1 aliphatic rings. The molecular formula is C18H17NO5. The fraction of sp³-hybridized carbons (Fsp3) is 0.222. The molecule has 3 rings (SSSR count). The Bertz CT molecular complexity index is 790. The number of para-hydroxylation sites is 1. The van der Waals surface area contributed by atoms with Gasteiger partial charge in [-0.25, -0.2) is 0 Å². The molecule has 2 aromatic carbocycles. The molecule has 0 unspecified atom stereocenters. The van der Waals surface area contributed by atoms with E-state index >= 15 is 0 Å². The standard InChI is InChI=1S/C18H17NO5/c1-22-14-8-11(9-15(23-2)17(14)24-3)10-19-13-7-5-4-6-12(13)16(20)18(19)21/h4-9H,10H2,1-3H3. The molecule has 0 bridgehead atoms. The molecule has 2 aromatic rings. The van der Waals surface area contributed by atoms with Crippen LogP contribution in [0, 0.1) is 0 Å². The molecule has 6 heteroatoms. The van der Waals surface area contributed by atoms with Crippen molar-refractivity contribution in [2.75, 3.05) is 26.2 Å². The highest BCUT2D eigenvalue weighted by Gasteiger charge is 2.35. The summed E-state index contributed by atoms with van der Waals surface area (Å²) in [4.78, 5) is 25.8. The second kappa shape index (κ2) is 6.23. The Kier molecular flexibility index (Phi) is 4.12. The number of anilines is 1. The van der Waals surface area contributed by atoms with Crippen molar-refractivity contribution in [1.29, 1.82) is 0 Å². The highest BCUT2D eigenvalue weighted by Crippen LogP contribution is 2.39. The first kappa shape index (κ1) is 15.9. The maximum Gasteiger partial charge on any atom is 0.299 e. The molecule has 1 aliphatic heterocycles. The van der Waals surface area contributed by atoms with E-state index < -0.39 is 11.7 Å². The van der Waals surface area contributed by atoms with Gasteiger partial charge in [-0.2, -0.15) is 0 Å². The van der Waals surface area contributed by atoms with Crippen molar-refractivity contribution in [3.05, 3.63) is 47.5 Å². The van der Waals surface area contributed by atoms with Gasteiger partial charge in [-0.05, 0) is 29.8 Å². The Hall–Kier alpha value is -3.02. The lowest BCUT2D eigenvalue weighted by Gasteiger charge is -2.19. The van der Waals surface area contributed by atoms with Crippen LogP contribution in [0.3, 0.4) is 0 Å². The number of ketones is 1. The van der Waals surface area contributed by atoms with Crippen molar-refractivity contribution in [3.8, 4) is 17.2 Å². The molecule has 1 heterocycles. The third kappa shape index (κ3) is 2.46. The average Bonchev–Trinajstić information content (AvgIpc) is 2.86. The number of benzene rings is 2. The number of carbonyl (C=O) groups is 2. The number of hydrogen-bond donors (Lipinski definition) is 0. The lowest BCUT2D eigenvalue weighted by Crippen LogP contribution is -2.29. The number of amides is 1. The second-order valence-corrected chi connectivity index (χ2v) is 5.27. The molecule has 0 saturated carbocycles. The molecular weight excluding hydrogens is 310 g/mol. The molecule has 0 N–H and O–H groups in total. The summed E-state index contributed by atoms with van der Waals surface area (Å²) in [5.74, 6) is 0.451. The Labute approximate surface area is 139 Å². The average molecular weight is 327 g/mol. The Balaban J connectivity index is 2.00. The summed E-state index contributed by atoms with van der Waals surface area (Å²) in [6.07, 6.45) is 0. The van der Waals surface area contributed by atoms with Gasteiger partial charge in [0.2, 0.25) is 5.75 Å². The fourth-order valence-electron chi connectivity index (χ4n) is 2.81. The first-order chi connectivity index (χ1) is 11.6. The monoisotopic (exact) mass is 327 g/mol. The Morgan fingerprint density at radius 2 is 1.54 bits per heavy atom. The van der Waals surface area contributed by atoms with E-state index in [2.05, 4.69) is 0 Å². The number of Topliss-reactive ketones (excluding diaryl/α,β-unsaturated/α-hetero) is 1. The largest absolute Gasteiger partial charge is 0.493 e. The third-order valence-corrected chi connectivity index (χ3v) is 3.94. The second-order valence-electron chi connectivity index (χ2n) is 5.27. The Morgan fingerprint density at radius 1 is 0.917 bits per heavy atom. The van der Waals surface area contributed by atoms with Crippen LogP contribution < -0.4 is 19.1 Å². The van der Waals surface area contributed by atoms with Crippen molar-refractivity contribution < 1.29 is 23.8 Å². The molecule has 0 aromatic heterocycles. The highest BCUT2D eigenvalue weighted by atomic mass is 16.5. The summed E-state index contributed by atoms with van der Waals surface area (Å²) in [6, 6.07) is 10.5. The summed E-state index contributed by atoms with van der Waals surface area (Å²) in [5.41, 5.74) is 1.80. The summed E-state index contributed by atoms with van der Waals surface area (Å²) in [7, 11) is 4.58. The lowest BCUT2D eigenvalue weighted by atomic mass is 10.1. The van der Waals surface area contributed by atoms with Gasteiger partial charge in [0.05, 0.1) is 39.1 Å². The highest BCUT2D eigenvalue weighted by molar-refractivity contribution is 6.52. The first-order valence-corrected chi connectivity index (χ1v) is 7.34. The van der Waals surface area contributed by atoms with E-state index in [1.807, 2.05) is 0 Å². The SMILES string of the molecule is COc1cc(CN2C(=O)C(=O)c3ccccc32)cc(OC)c1OC.